The molecule has 1 atom stereocenters. The van der Waals surface area contributed by atoms with Gasteiger partial charge in [0.2, 0.25) is 5.89 Å². The molecule has 0 radical (unpaired) electrons. The van der Waals surface area contributed by atoms with Crippen LogP contribution in [0.3, 0.4) is 0 Å². The summed E-state index contributed by atoms with van der Waals surface area (Å²) in [5.74, 6) is 2.40. The number of ether oxygens (including phenoxy) is 1. The number of thioether (sulfide) groups is 2. The molecular weight excluding hydrogens is 378 g/mol. The highest BCUT2D eigenvalue weighted by Crippen LogP contribution is 2.31. The Morgan fingerprint density at radius 3 is 2.70 bits per heavy atom. The molecule has 4 rings (SSSR count). The van der Waals surface area contributed by atoms with Gasteiger partial charge in [-0.25, -0.2) is 0 Å². The molecule has 2 aromatic carbocycles. The summed E-state index contributed by atoms with van der Waals surface area (Å²) in [6.07, 6.45) is 0.664. The molecule has 3 aromatic rings. The highest BCUT2D eigenvalue weighted by atomic mass is 32.2. The van der Waals surface area contributed by atoms with Crippen LogP contribution in [0.4, 0.5) is 0 Å². The Morgan fingerprint density at radius 1 is 1.11 bits per heavy atom. The Bertz CT molecular complexity index is 910. The highest BCUT2D eigenvalue weighted by molar-refractivity contribution is 8.16. The average Bonchev–Trinajstić information content (AvgIpc) is 3.37. The average molecular weight is 398 g/mol. The number of rotatable bonds is 7. The molecular formula is C20H19N3O2S2. The summed E-state index contributed by atoms with van der Waals surface area (Å²) in [5.41, 5.74) is 2.30. The maximum atomic E-state index is 5.76. The molecule has 0 spiro atoms. The first-order chi connectivity index (χ1) is 13.3. The van der Waals surface area contributed by atoms with Crippen molar-refractivity contribution in [2.24, 2.45) is 4.99 Å². The van der Waals surface area contributed by atoms with Crippen molar-refractivity contribution in [1.82, 2.24) is 10.2 Å². The van der Waals surface area contributed by atoms with Crippen LogP contribution >= 0.6 is 23.5 Å². The van der Waals surface area contributed by atoms with Crippen molar-refractivity contribution in [3.05, 3.63) is 71.6 Å². The van der Waals surface area contributed by atoms with Crippen molar-refractivity contribution >= 4 is 28.6 Å². The van der Waals surface area contributed by atoms with Gasteiger partial charge >= 0.3 is 0 Å². The van der Waals surface area contributed by atoms with E-state index in [-0.39, 0.29) is 0 Å². The highest BCUT2D eigenvalue weighted by Gasteiger charge is 2.22. The van der Waals surface area contributed by atoms with Crippen LogP contribution in [0.25, 0.3) is 0 Å². The van der Waals surface area contributed by atoms with Crippen molar-refractivity contribution in [3.63, 3.8) is 0 Å². The molecule has 138 valence electrons. The van der Waals surface area contributed by atoms with Crippen LogP contribution in [0.1, 0.15) is 17.0 Å². The molecule has 0 bridgehead atoms. The minimum atomic E-state index is 0.413. The lowest BCUT2D eigenvalue weighted by Crippen LogP contribution is -2.06. The fourth-order valence-corrected chi connectivity index (χ4v) is 4.75. The maximum Gasteiger partial charge on any atom is 0.276 e. The van der Waals surface area contributed by atoms with Gasteiger partial charge in [0, 0.05) is 16.6 Å². The number of aliphatic imine (C=N–C) groups is 1. The molecule has 2 heterocycles. The molecule has 1 unspecified atom stereocenters. The van der Waals surface area contributed by atoms with Crippen LogP contribution in [0.15, 0.2) is 69.2 Å². The summed E-state index contributed by atoms with van der Waals surface area (Å²) >= 11 is 3.40. The molecule has 0 fully saturated rings. The van der Waals surface area contributed by atoms with E-state index in [1.54, 1.807) is 30.6 Å². The molecule has 0 saturated heterocycles. The van der Waals surface area contributed by atoms with Gasteiger partial charge in [-0.3, -0.25) is 4.99 Å². The van der Waals surface area contributed by atoms with E-state index >= 15 is 0 Å². The second-order valence-electron chi connectivity index (χ2n) is 6.05. The van der Waals surface area contributed by atoms with Gasteiger partial charge in [-0.15, -0.1) is 22.0 Å². The predicted octanol–water partition coefficient (Wildman–Crippen LogP) is 4.32. The number of methoxy groups -OCH3 is 1. The monoisotopic (exact) mass is 397 g/mol. The topological polar surface area (TPSA) is 60.5 Å². The molecule has 1 aromatic heterocycles. The molecule has 27 heavy (non-hydrogen) atoms. The summed E-state index contributed by atoms with van der Waals surface area (Å²) in [6.45, 7) is 0.810. The first-order valence-corrected chi connectivity index (χ1v) is 10.5. The van der Waals surface area contributed by atoms with E-state index in [1.807, 2.05) is 42.5 Å². The van der Waals surface area contributed by atoms with E-state index in [2.05, 4.69) is 27.3 Å². The van der Waals surface area contributed by atoms with Crippen LogP contribution in [0.2, 0.25) is 0 Å². The molecule has 0 aliphatic carbocycles. The summed E-state index contributed by atoms with van der Waals surface area (Å²) in [5, 5.41) is 10.4. The summed E-state index contributed by atoms with van der Waals surface area (Å²) in [6, 6.07) is 18.2. The zero-order valence-electron chi connectivity index (χ0n) is 14.9. The van der Waals surface area contributed by atoms with Gasteiger partial charge in [-0.05, 0) is 29.8 Å². The molecule has 7 heteroatoms. The van der Waals surface area contributed by atoms with Gasteiger partial charge in [0.15, 0.2) is 0 Å². The second-order valence-corrected chi connectivity index (χ2v) is 8.31. The Balaban J connectivity index is 1.28. The zero-order valence-corrected chi connectivity index (χ0v) is 16.5. The molecule has 0 amide bonds. The van der Waals surface area contributed by atoms with E-state index < -0.39 is 0 Å². The SMILES string of the molecule is COc1ccc(C2=NCC(CSc3nnc(Cc4ccccc4)o3)S2)cc1. The van der Waals surface area contributed by atoms with Gasteiger partial charge in [-0.2, -0.15) is 0 Å². The third kappa shape index (κ3) is 4.73. The lowest BCUT2D eigenvalue weighted by Gasteiger charge is -2.06. The summed E-state index contributed by atoms with van der Waals surface area (Å²) in [4.78, 5) is 4.68. The first kappa shape index (κ1) is 18.1. The minimum absolute atomic E-state index is 0.413. The normalized spacial score (nSPS) is 16.3. The number of hydrogen-bond donors (Lipinski definition) is 0. The first-order valence-electron chi connectivity index (χ1n) is 8.65. The Hall–Kier alpha value is -2.25. The van der Waals surface area contributed by atoms with Crippen molar-refractivity contribution < 1.29 is 9.15 Å². The fraction of sp³-hybridized carbons (Fsp3) is 0.250. The summed E-state index contributed by atoms with van der Waals surface area (Å²) in [7, 11) is 1.67. The van der Waals surface area contributed by atoms with Gasteiger partial charge < -0.3 is 9.15 Å². The van der Waals surface area contributed by atoms with Gasteiger partial charge in [0.25, 0.3) is 5.22 Å². The van der Waals surface area contributed by atoms with Crippen molar-refractivity contribution in [3.8, 4) is 5.75 Å². The lowest BCUT2D eigenvalue weighted by atomic mass is 10.2. The lowest BCUT2D eigenvalue weighted by molar-refractivity contribution is 0.415. The zero-order chi connectivity index (χ0) is 18.5. The van der Waals surface area contributed by atoms with Crippen LogP contribution in [0, 0.1) is 0 Å². The number of hydrogen-bond acceptors (Lipinski definition) is 7. The smallest absolute Gasteiger partial charge is 0.276 e. The second kappa shape index (κ2) is 8.63. The fourth-order valence-electron chi connectivity index (χ4n) is 2.70. The predicted molar refractivity (Wildman–Crippen MR) is 110 cm³/mol. The molecule has 1 aliphatic heterocycles. The summed E-state index contributed by atoms with van der Waals surface area (Å²) < 4.78 is 11.0. The van der Waals surface area contributed by atoms with Gasteiger partial charge in [0.1, 0.15) is 5.75 Å². The van der Waals surface area contributed by atoms with E-state index in [1.165, 1.54) is 5.56 Å². The van der Waals surface area contributed by atoms with Crippen LogP contribution < -0.4 is 4.74 Å². The minimum Gasteiger partial charge on any atom is -0.497 e. The van der Waals surface area contributed by atoms with Crippen LogP contribution in [0.5, 0.6) is 5.75 Å². The van der Waals surface area contributed by atoms with E-state index in [0.717, 1.165) is 28.7 Å². The van der Waals surface area contributed by atoms with Crippen LogP contribution in [-0.4, -0.2) is 39.9 Å². The van der Waals surface area contributed by atoms with Crippen molar-refractivity contribution in [2.75, 3.05) is 19.4 Å². The number of nitrogens with zero attached hydrogens (tertiary/aromatic N) is 3. The molecule has 5 nitrogen and oxygen atoms in total. The molecule has 0 saturated carbocycles. The Morgan fingerprint density at radius 2 is 1.93 bits per heavy atom. The number of benzene rings is 2. The third-order valence-corrected chi connectivity index (χ3v) is 6.52. The molecule has 1 aliphatic rings. The maximum absolute atomic E-state index is 5.76. The Labute approximate surface area is 166 Å². The van der Waals surface area contributed by atoms with Crippen molar-refractivity contribution in [1.29, 1.82) is 0 Å². The quantitative estimate of drug-likeness (QED) is 0.553. The Kier molecular flexibility index (Phi) is 5.79. The third-order valence-electron chi connectivity index (χ3n) is 4.09. The van der Waals surface area contributed by atoms with E-state index in [4.69, 9.17) is 9.15 Å². The van der Waals surface area contributed by atoms with Crippen LogP contribution in [-0.2, 0) is 6.42 Å². The largest absolute Gasteiger partial charge is 0.497 e. The van der Waals surface area contributed by atoms with Crippen molar-refractivity contribution in [2.45, 2.75) is 16.9 Å². The van der Waals surface area contributed by atoms with E-state index in [0.29, 0.717) is 22.8 Å². The standard InChI is InChI=1S/C20H19N3O2S2/c1-24-16-9-7-15(8-10-16)19-21-12-17(27-19)13-26-20-23-22-18(25-20)11-14-5-3-2-4-6-14/h2-10,17H,11-13H2,1H3. The van der Waals surface area contributed by atoms with Gasteiger partial charge in [-0.1, -0.05) is 42.1 Å². The van der Waals surface area contributed by atoms with E-state index in [9.17, 15) is 0 Å². The number of aromatic nitrogens is 2. The molecule has 0 N–H and O–H groups in total. The van der Waals surface area contributed by atoms with Gasteiger partial charge in [0.05, 0.1) is 25.1 Å².